The number of ether oxygens (including phenoxy) is 1. The second-order valence-corrected chi connectivity index (χ2v) is 5.42. The van der Waals surface area contributed by atoms with E-state index in [1.165, 1.54) is 5.56 Å². The Kier molecular flexibility index (Phi) is 4.06. The van der Waals surface area contributed by atoms with Crippen molar-refractivity contribution in [3.8, 4) is 5.75 Å². The van der Waals surface area contributed by atoms with Crippen molar-refractivity contribution in [2.24, 2.45) is 0 Å². The number of rotatable bonds is 6. The van der Waals surface area contributed by atoms with Crippen molar-refractivity contribution < 1.29 is 9.53 Å². The van der Waals surface area contributed by atoms with Gasteiger partial charge >= 0.3 is 0 Å². The minimum atomic E-state index is 0.0790. The van der Waals surface area contributed by atoms with Crippen LogP contribution in [-0.2, 0) is 11.3 Å². The largest absolute Gasteiger partial charge is 0.496 e. The van der Waals surface area contributed by atoms with Gasteiger partial charge in [-0.1, -0.05) is 30.3 Å². The highest BCUT2D eigenvalue weighted by atomic mass is 16.5. The molecule has 0 spiro atoms. The molecule has 21 heavy (non-hydrogen) atoms. The van der Waals surface area contributed by atoms with Crippen LogP contribution < -0.4 is 15.4 Å². The first-order valence-corrected chi connectivity index (χ1v) is 7.32. The van der Waals surface area contributed by atoms with Crippen LogP contribution in [0.5, 0.6) is 5.75 Å². The molecule has 0 radical (unpaired) electrons. The van der Waals surface area contributed by atoms with Gasteiger partial charge in [0, 0.05) is 18.0 Å². The summed E-state index contributed by atoms with van der Waals surface area (Å²) in [7, 11) is 1.68. The number of hydrogen-bond donors (Lipinski definition) is 2. The molecule has 4 nitrogen and oxygen atoms in total. The molecule has 0 unspecified atom stereocenters. The first kappa shape index (κ1) is 13.9. The Bertz CT molecular complexity index is 650. The van der Waals surface area contributed by atoms with Gasteiger partial charge in [-0.2, -0.15) is 0 Å². The zero-order valence-electron chi connectivity index (χ0n) is 12.2. The average molecular weight is 284 g/mol. The van der Waals surface area contributed by atoms with Crippen molar-refractivity contribution >= 4 is 16.7 Å². The zero-order valence-corrected chi connectivity index (χ0v) is 12.2. The number of methoxy groups -OCH3 is 1. The number of carbonyl (C=O) groups excluding carboxylic acids is 1. The van der Waals surface area contributed by atoms with E-state index >= 15 is 0 Å². The van der Waals surface area contributed by atoms with Crippen molar-refractivity contribution in [1.29, 1.82) is 0 Å². The normalized spacial score (nSPS) is 14.1. The summed E-state index contributed by atoms with van der Waals surface area (Å²) < 4.78 is 5.39. The maximum absolute atomic E-state index is 11.7. The van der Waals surface area contributed by atoms with Crippen LogP contribution in [0, 0.1) is 0 Å². The maximum atomic E-state index is 11.7. The van der Waals surface area contributed by atoms with Gasteiger partial charge in [-0.25, -0.2) is 0 Å². The molecule has 1 aliphatic rings. The van der Waals surface area contributed by atoms with Crippen molar-refractivity contribution in [2.45, 2.75) is 25.4 Å². The predicted octanol–water partition coefficient (Wildman–Crippen LogP) is 2.22. The summed E-state index contributed by atoms with van der Waals surface area (Å²) in [6.07, 6.45) is 2.24. The molecule has 0 aliphatic heterocycles. The summed E-state index contributed by atoms with van der Waals surface area (Å²) in [6.45, 7) is 1.03. The van der Waals surface area contributed by atoms with Gasteiger partial charge in [-0.15, -0.1) is 0 Å². The Morgan fingerprint density at radius 3 is 2.67 bits per heavy atom. The van der Waals surface area contributed by atoms with E-state index in [9.17, 15) is 4.79 Å². The van der Waals surface area contributed by atoms with Gasteiger partial charge < -0.3 is 15.4 Å². The van der Waals surface area contributed by atoms with Crippen LogP contribution in [0.15, 0.2) is 36.4 Å². The first-order valence-electron chi connectivity index (χ1n) is 7.32. The van der Waals surface area contributed by atoms with Gasteiger partial charge in [0.1, 0.15) is 5.75 Å². The third kappa shape index (κ3) is 3.34. The minimum absolute atomic E-state index is 0.0790. The van der Waals surface area contributed by atoms with Crippen LogP contribution in [0.25, 0.3) is 10.8 Å². The van der Waals surface area contributed by atoms with Crippen LogP contribution in [-0.4, -0.2) is 25.6 Å². The van der Waals surface area contributed by atoms with E-state index in [0.717, 1.165) is 29.4 Å². The van der Waals surface area contributed by atoms with E-state index in [-0.39, 0.29) is 5.91 Å². The molecule has 0 atom stereocenters. The lowest BCUT2D eigenvalue weighted by Gasteiger charge is -2.11. The fourth-order valence-corrected chi connectivity index (χ4v) is 2.48. The van der Waals surface area contributed by atoms with Crippen molar-refractivity contribution in [3.05, 3.63) is 42.0 Å². The molecule has 2 aromatic rings. The van der Waals surface area contributed by atoms with Crippen molar-refractivity contribution in [2.75, 3.05) is 13.7 Å². The van der Waals surface area contributed by atoms with E-state index < -0.39 is 0 Å². The quantitative estimate of drug-likeness (QED) is 0.855. The van der Waals surface area contributed by atoms with Crippen molar-refractivity contribution in [1.82, 2.24) is 10.6 Å². The van der Waals surface area contributed by atoms with Crippen molar-refractivity contribution in [3.63, 3.8) is 0 Å². The van der Waals surface area contributed by atoms with Gasteiger partial charge in [0.05, 0.1) is 13.7 Å². The number of nitrogens with one attached hydrogen (secondary N) is 2. The fraction of sp³-hybridized carbons (Fsp3) is 0.353. The molecule has 2 aromatic carbocycles. The van der Waals surface area contributed by atoms with Crippen LogP contribution in [0.2, 0.25) is 0 Å². The zero-order chi connectivity index (χ0) is 14.7. The lowest BCUT2D eigenvalue weighted by atomic mass is 10.0. The Morgan fingerprint density at radius 1 is 1.19 bits per heavy atom. The number of hydrogen-bond acceptors (Lipinski definition) is 3. The highest BCUT2D eigenvalue weighted by molar-refractivity contribution is 5.91. The molecule has 0 saturated heterocycles. The molecule has 1 amide bonds. The van der Waals surface area contributed by atoms with Gasteiger partial charge in [0.2, 0.25) is 5.91 Å². The third-order valence-electron chi connectivity index (χ3n) is 3.74. The van der Waals surface area contributed by atoms with Gasteiger partial charge in [0.15, 0.2) is 0 Å². The summed E-state index contributed by atoms with van der Waals surface area (Å²) in [4.78, 5) is 11.7. The molecule has 2 N–H and O–H groups in total. The molecule has 1 fully saturated rings. The second-order valence-electron chi connectivity index (χ2n) is 5.42. The SMILES string of the molecule is COc1ccc(CNCC(=O)NC2CC2)c2ccccc12. The van der Waals surface area contributed by atoms with E-state index in [4.69, 9.17) is 4.74 Å². The molecule has 3 rings (SSSR count). The van der Waals surface area contributed by atoms with E-state index in [0.29, 0.717) is 19.1 Å². The highest BCUT2D eigenvalue weighted by Crippen LogP contribution is 2.28. The lowest BCUT2D eigenvalue weighted by molar-refractivity contribution is -0.120. The molecule has 0 heterocycles. The molecule has 1 aliphatic carbocycles. The number of carbonyl (C=O) groups is 1. The topological polar surface area (TPSA) is 50.4 Å². The highest BCUT2D eigenvalue weighted by Gasteiger charge is 2.22. The third-order valence-corrected chi connectivity index (χ3v) is 3.74. The van der Waals surface area contributed by atoms with Gasteiger partial charge in [-0.3, -0.25) is 4.79 Å². The molecular weight excluding hydrogens is 264 g/mol. The number of amides is 1. The molecule has 4 heteroatoms. The predicted molar refractivity (Wildman–Crippen MR) is 83.4 cm³/mol. The lowest BCUT2D eigenvalue weighted by Crippen LogP contribution is -2.34. The Labute approximate surface area is 124 Å². The van der Waals surface area contributed by atoms with Crippen LogP contribution in [0.3, 0.4) is 0 Å². The van der Waals surface area contributed by atoms with E-state index in [2.05, 4.69) is 22.8 Å². The fourth-order valence-electron chi connectivity index (χ4n) is 2.48. The Hall–Kier alpha value is -2.07. The number of fused-ring (bicyclic) bond motifs is 1. The second kappa shape index (κ2) is 6.14. The van der Waals surface area contributed by atoms with Gasteiger partial charge in [-0.05, 0) is 29.9 Å². The summed E-state index contributed by atoms with van der Waals surface area (Å²) in [5.41, 5.74) is 1.17. The summed E-state index contributed by atoms with van der Waals surface area (Å²) in [5, 5.41) is 8.44. The Balaban J connectivity index is 1.67. The number of benzene rings is 2. The Morgan fingerprint density at radius 2 is 1.95 bits per heavy atom. The monoisotopic (exact) mass is 284 g/mol. The van der Waals surface area contributed by atoms with Crippen LogP contribution in [0.1, 0.15) is 18.4 Å². The molecule has 1 saturated carbocycles. The average Bonchev–Trinajstić information content (AvgIpc) is 3.31. The van der Waals surface area contributed by atoms with Crippen LogP contribution in [0.4, 0.5) is 0 Å². The summed E-state index contributed by atoms with van der Waals surface area (Å²) >= 11 is 0. The smallest absolute Gasteiger partial charge is 0.234 e. The molecular formula is C17H20N2O2. The standard InChI is InChI=1S/C17H20N2O2/c1-21-16-9-6-12(14-4-2-3-5-15(14)16)10-18-11-17(20)19-13-7-8-13/h2-6,9,13,18H,7-8,10-11H2,1H3,(H,19,20). The first-order chi connectivity index (χ1) is 10.3. The molecule has 0 bridgehead atoms. The summed E-state index contributed by atoms with van der Waals surface area (Å²) in [5.74, 6) is 0.955. The molecule has 110 valence electrons. The summed E-state index contributed by atoms with van der Waals surface area (Å²) in [6, 6.07) is 12.6. The van der Waals surface area contributed by atoms with Crippen LogP contribution >= 0.6 is 0 Å². The maximum Gasteiger partial charge on any atom is 0.234 e. The van der Waals surface area contributed by atoms with Gasteiger partial charge in [0.25, 0.3) is 0 Å². The minimum Gasteiger partial charge on any atom is -0.496 e. The van der Waals surface area contributed by atoms with E-state index in [1.807, 2.05) is 24.3 Å². The molecule has 0 aromatic heterocycles. The van der Waals surface area contributed by atoms with E-state index in [1.54, 1.807) is 7.11 Å².